The lowest BCUT2D eigenvalue weighted by Gasteiger charge is -2.27. The Bertz CT molecular complexity index is 659. The number of methoxy groups -OCH3 is 3. The summed E-state index contributed by atoms with van der Waals surface area (Å²) in [5.41, 5.74) is 0.520. The monoisotopic (exact) mass is 381 g/mol. The summed E-state index contributed by atoms with van der Waals surface area (Å²) in [6, 6.07) is 6.92. The summed E-state index contributed by atoms with van der Waals surface area (Å²) in [5, 5.41) is 11.8. The van der Waals surface area contributed by atoms with Crippen molar-refractivity contribution in [2.75, 3.05) is 21.3 Å². The van der Waals surface area contributed by atoms with E-state index < -0.39 is 47.8 Å². The molecule has 9 heteroatoms. The van der Waals surface area contributed by atoms with E-state index >= 15 is 0 Å². The van der Waals surface area contributed by atoms with Gasteiger partial charge in [-0.1, -0.05) is 37.3 Å². The van der Waals surface area contributed by atoms with E-state index in [4.69, 9.17) is 4.74 Å². The number of aliphatic carboxylic acids is 1. The third-order valence-corrected chi connectivity index (χ3v) is 4.10. The van der Waals surface area contributed by atoms with Crippen LogP contribution in [0.4, 0.5) is 0 Å². The Morgan fingerprint density at radius 2 is 1.48 bits per heavy atom. The number of nitrogens with one attached hydrogen (secondary N) is 1. The van der Waals surface area contributed by atoms with Gasteiger partial charge in [0.2, 0.25) is 0 Å². The molecular weight excluding hydrogens is 358 g/mol. The topological polar surface area (TPSA) is 128 Å². The second kappa shape index (κ2) is 10.3. The fourth-order valence-electron chi connectivity index (χ4n) is 2.64. The van der Waals surface area contributed by atoms with Gasteiger partial charge in [-0.05, 0) is 5.56 Å². The molecule has 0 saturated heterocycles. The lowest BCUT2D eigenvalue weighted by Crippen LogP contribution is -2.51. The molecule has 0 radical (unpaired) electrons. The molecule has 0 aliphatic rings. The maximum atomic E-state index is 12.6. The molecule has 0 bridgehead atoms. The van der Waals surface area contributed by atoms with Gasteiger partial charge in [0.25, 0.3) is 5.91 Å². The number of carbonyl (C=O) groups excluding carboxylic acids is 3. The van der Waals surface area contributed by atoms with Gasteiger partial charge in [0.15, 0.2) is 12.0 Å². The smallest absolute Gasteiger partial charge is 0.326 e. The standard InChI is InChI=1S/C18H23NO8/c1-10(12(17(23)26-3)18(24)27-4)13(16(21)22)19-15(20)14(25-2)11-8-6-5-7-9-11/h5-10,12-14H,1-4H3,(H,19,20)(H,21,22)/t10-,13+,14+/m1/s1. The summed E-state index contributed by atoms with van der Waals surface area (Å²) in [7, 11) is 3.44. The number of esters is 2. The van der Waals surface area contributed by atoms with E-state index in [1.807, 2.05) is 0 Å². The molecule has 0 unspecified atom stereocenters. The zero-order valence-electron chi connectivity index (χ0n) is 15.5. The van der Waals surface area contributed by atoms with Crippen molar-refractivity contribution in [1.29, 1.82) is 0 Å². The predicted octanol–water partition coefficient (Wildman–Crippen LogP) is 0.542. The number of rotatable bonds is 9. The van der Waals surface area contributed by atoms with E-state index in [1.54, 1.807) is 30.3 Å². The van der Waals surface area contributed by atoms with Crippen LogP contribution in [-0.4, -0.2) is 56.3 Å². The van der Waals surface area contributed by atoms with Crippen LogP contribution in [0, 0.1) is 11.8 Å². The average molecular weight is 381 g/mol. The highest BCUT2D eigenvalue weighted by molar-refractivity contribution is 5.96. The molecule has 27 heavy (non-hydrogen) atoms. The van der Waals surface area contributed by atoms with Gasteiger partial charge in [0.05, 0.1) is 14.2 Å². The zero-order valence-corrected chi connectivity index (χ0v) is 15.5. The van der Waals surface area contributed by atoms with Crippen LogP contribution >= 0.6 is 0 Å². The number of benzene rings is 1. The molecule has 0 fully saturated rings. The quantitative estimate of drug-likeness (QED) is 0.469. The number of carboxylic acid groups (broad SMARTS) is 1. The number of amides is 1. The minimum atomic E-state index is -1.55. The van der Waals surface area contributed by atoms with Gasteiger partial charge in [-0.25, -0.2) is 4.79 Å². The summed E-state index contributed by atoms with van der Waals surface area (Å²) in [6.07, 6.45) is -1.06. The molecule has 0 heterocycles. The summed E-state index contributed by atoms with van der Waals surface area (Å²) >= 11 is 0. The van der Waals surface area contributed by atoms with Gasteiger partial charge in [0.1, 0.15) is 6.04 Å². The predicted molar refractivity (Wildman–Crippen MR) is 92.4 cm³/mol. The van der Waals surface area contributed by atoms with Crippen molar-refractivity contribution in [1.82, 2.24) is 5.32 Å². The third kappa shape index (κ3) is 5.52. The van der Waals surface area contributed by atoms with Gasteiger partial charge in [-0.3, -0.25) is 14.4 Å². The molecule has 1 amide bonds. The first kappa shape index (κ1) is 22.1. The van der Waals surface area contributed by atoms with Crippen LogP contribution in [-0.2, 0) is 33.4 Å². The zero-order chi connectivity index (χ0) is 20.6. The average Bonchev–Trinajstić information content (AvgIpc) is 2.66. The Morgan fingerprint density at radius 3 is 1.89 bits per heavy atom. The van der Waals surface area contributed by atoms with Crippen LogP contribution in [0.3, 0.4) is 0 Å². The van der Waals surface area contributed by atoms with E-state index in [2.05, 4.69) is 14.8 Å². The van der Waals surface area contributed by atoms with Crippen molar-refractivity contribution in [2.45, 2.75) is 19.1 Å². The molecule has 0 aliphatic carbocycles. The highest BCUT2D eigenvalue weighted by Gasteiger charge is 2.42. The minimum Gasteiger partial charge on any atom is -0.480 e. The van der Waals surface area contributed by atoms with Crippen LogP contribution < -0.4 is 5.32 Å². The van der Waals surface area contributed by atoms with Gasteiger partial charge in [-0.15, -0.1) is 0 Å². The first-order valence-corrected chi connectivity index (χ1v) is 8.05. The number of carbonyl (C=O) groups is 4. The van der Waals surface area contributed by atoms with Crippen LogP contribution in [0.25, 0.3) is 0 Å². The van der Waals surface area contributed by atoms with Gasteiger partial charge < -0.3 is 24.6 Å². The molecule has 148 valence electrons. The fourth-order valence-corrected chi connectivity index (χ4v) is 2.64. The maximum Gasteiger partial charge on any atom is 0.326 e. The van der Waals surface area contributed by atoms with Crippen molar-refractivity contribution < 1.29 is 38.5 Å². The third-order valence-electron chi connectivity index (χ3n) is 4.10. The highest BCUT2D eigenvalue weighted by Crippen LogP contribution is 2.22. The molecule has 2 N–H and O–H groups in total. The van der Waals surface area contributed by atoms with E-state index in [-0.39, 0.29) is 0 Å². The van der Waals surface area contributed by atoms with Gasteiger partial charge >= 0.3 is 17.9 Å². The van der Waals surface area contributed by atoms with E-state index in [0.29, 0.717) is 5.56 Å². The maximum absolute atomic E-state index is 12.6. The van der Waals surface area contributed by atoms with Gasteiger partial charge in [-0.2, -0.15) is 0 Å². The first-order valence-electron chi connectivity index (χ1n) is 8.05. The molecule has 1 rings (SSSR count). The van der Waals surface area contributed by atoms with Crippen LogP contribution in [0.1, 0.15) is 18.6 Å². The highest BCUT2D eigenvalue weighted by atomic mass is 16.5. The summed E-state index contributed by atoms with van der Waals surface area (Å²) in [4.78, 5) is 48.1. The molecule has 1 aromatic rings. The second-order valence-electron chi connectivity index (χ2n) is 5.73. The Hall–Kier alpha value is -2.94. The fraction of sp³-hybridized carbons (Fsp3) is 0.444. The largest absolute Gasteiger partial charge is 0.480 e. The van der Waals surface area contributed by atoms with E-state index in [0.717, 1.165) is 14.2 Å². The number of hydrogen-bond donors (Lipinski definition) is 2. The first-order chi connectivity index (χ1) is 12.8. The van der Waals surface area contributed by atoms with E-state index in [9.17, 15) is 24.3 Å². The summed E-state index contributed by atoms with van der Waals surface area (Å²) in [5.74, 6) is -6.71. The molecule has 1 aromatic carbocycles. The molecule has 0 aliphatic heterocycles. The summed E-state index contributed by atoms with van der Waals surface area (Å²) in [6.45, 7) is 1.34. The number of carboxylic acids is 1. The van der Waals surface area contributed by atoms with E-state index in [1.165, 1.54) is 14.0 Å². The molecule has 3 atom stereocenters. The molecule has 0 spiro atoms. The Kier molecular flexibility index (Phi) is 8.40. The van der Waals surface area contributed by atoms with Crippen molar-refractivity contribution in [2.24, 2.45) is 11.8 Å². The van der Waals surface area contributed by atoms with Crippen molar-refractivity contribution in [3.63, 3.8) is 0 Å². The molecule has 0 saturated carbocycles. The normalized spacial score (nSPS) is 14.0. The Morgan fingerprint density at radius 1 is 0.963 bits per heavy atom. The Labute approximate surface area is 156 Å². The van der Waals surface area contributed by atoms with Gasteiger partial charge in [0, 0.05) is 13.0 Å². The minimum absolute atomic E-state index is 0.520. The van der Waals surface area contributed by atoms with Crippen LogP contribution in [0.15, 0.2) is 30.3 Å². The van der Waals surface area contributed by atoms with Crippen LogP contribution in [0.2, 0.25) is 0 Å². The summed E-state index contributed by atoms with van der Waals surface area (Å²) < 4.78 is 14.3. The second-order valence-corrected chi connectivity index (χ2v) is 5.73. The molecule has 0 aromatic heterocycles. The SMILES string of the molecule is COC(=O)C(C(=O)OC)[C@@H](C)[C@H](NC(=O)[C@@H](OC)c1ccccc1)C(=O)O. The molecular formula is C18H23NO8. The Balaban J connectivity index is 3.09. The van der Waals surface area contributed by atoms with Crippen molar-refractivity contribution in [3.8, 4) is 0 Å². The van der Waals surface area contributed by atoms with Crippen molar-refractivity contribution >= 4 is 23.8 Å². The van der Waals surface area contributed by atoms with Crippen LogP contribution in [0.5, 0.6) is 0 Å². The number of hydrogen-bond acceptors (Lipinski definition) is 7. The molecule has 9 nitrogen and oxygen atoms in total. The lowest BCUT2D eigenvalue weighted by molar-refractivity contribution is -0.163. The van der Waals surface area contributed by atoms with Crippen molar-refractivity contribution in [3.05, 3.63) is 35.9 Å². The number of ether oxygens (including phenoxy) is 3. The lowest BCUT2D eigenvalue weighted by atomic mass is 9.87.